The quantitative estimate of drug-likeness (QED) is 0.602. The Morgan fingerprint density at radius 3 is 2.12 bits per heavy atom. The zero-order valence-corrected chi connectivity index (χ0v) is 16.5. The van der Waals surface area contributed by atoms with E-state index < -0.39 is 23.3 Å². The molecule has 0 aliphatic heterocycles. The van der Waals surface area contributed by atoms with Gasteiger partial charge in [-0.05, 0) is 48.5 Å². The SMILES string of the molecule is C/C=C(\C(=O)OC(C)(C)C)c1nc(NC(=O)OC(C)(C)C)sc1Cl. The van der Waals surface area contributed by atoms with E-state index in [1.165, 1.54) is 0 Å². The monoisotopic (exact) mass is 374 g/mol. The average molecular weight is 375 g/mol. The summed E-state index contributed by atoms with van der Waals surface area (Å²) in [6.07, 6.45) is 0.936. The van der Waals surface area contributed by atoms with E-state index in [9.17, 15) is 9.59 Å². The number of rotatable bonds is 3. The third-order valence-corrected chi connectivity index (χ3v) is 3.53. The highest BCUT2D eigenvalue weighted by Crippen LogP contribution is 2.33. The highest BCUT2D eigenvalue weighted by Gasteiger charge is 2.25. The average Bonchev–Trinajstić information content (AvgIpc) is 2.66. The van der Waals surface area contributed by atoms with Crippen LogP contribution in [-0.4, -0.2) is 28.2 Å². The molecule has 0 fully saturated rings. The van der Waals surface area contributed by atoms with Crippen molar-refractivity contribution >= 4 is 45.7 Å². The molecule has 0 aliphatic carbocycles. The predicted octanol–water partition coefficient (Wildman–Crippen LogP) is 4.89. The van der Waals surface area contributed by atoms with Gasteiger partial charge in [-0.15, -0.1) is 0 Å². The number of nitrogens with zero attached hydrogens (tertiary/aromatic N) is 1. The first kappa shape index (κ1) is 20.4. The Kier molecular flexibility index (Phi) is 6.41. The zero-order valence-electron chi connectivity index (χ0n) is 14.9. The minimum atomic E-state index is -0.640. The molecule has 8 heteroatoms. The molecule has 0 bridgehead atoms. The Hall–Kier alpha value is -1.60. The number of esters is 1. The van der Waals surface area contributed by atoms with Gasteiger partial charge in [-0.2, -0.15) is 0 Å². The van der Waals surface area contributed by atoms with Crippen LogP contribution in [0.4, 0.5) is 9.93 Å². The van der Waals surface area contributed by atoms with E-state index in [4.69, 9.17) is 21.1 Å². The molecular weight excluding hydrogens is 352 g/mol. The minimum absolute atomic E-state index is 0.239. The second-order valence-electron chi connectivity index (χ2n) is 6.97. The van der Waals surface area contributed by atoms with Gasteiger partial charge in [0.15, 0.2) is 5.13 Å². The minimum Gasteiger partial charge on any atom is -0.456 e. The lowest BCUT2D eigenvalue weighted by atomic mass is 10.1. The molecular formula is C16H23ClN2O4S. The van der Waals surface area contributed by atoms with Crippen molar-refractivity contribution in [2.75, 3.05) is 5.32 Å². The lowest BCUT2D eigenvalue weighted by Gasteiger charge is -2.20. The van der Waals surface area contributed by atoms with Crippen molar-refractivity contribution in [2.24, 2.45) is 0 Å². The first-order valence-electron chi connectivity index (χ1n) is 7.39. The molecule has 0 saturated heterocycles. The number of anilines is 1. The van der Waals surface area contributed by atoms with E-state index in [2.05, 4.69) is 10.3 Å². The topological polar surface area (TPSA) is 77.5 Å². The van der Waals surface area contributed by atoms with E-state index in [0.29, 0.717) is 0 Å². The van der Waals surface area contributed by atoms with Gasteiger partial charge in [-0.1, -0.05) is 29.0 Å². The molecule has 0 radical (unpaired) electrons. The Morgan fingerprint density at radius 1 is 1.12 bits per heavy atom. The predicted molar refractivity (Wildman–Crippen MR) is 96.5 cm³/mol. The smallest absolute Gasteiger partial charge is 0.413 e. The van der Waals surface area contributed by atoms with Crippen molar-refractivity contribution in [1.82, 2.24) is 4.98 Å². The molecule has 0 aromatic carbocycles. The lowest BCUT2D eigenvalue weighted by molar-refractivity contribution is -0.147. The van der Waals surface area contributed by atoms with Crippen LogP contribution < -0.4 is 5.32 Å². The standard InChI is InChI=1S/C16H23ClN2O4S/c1-8-9(12(20)22-15(2,3)4)10-11(17)24-13(18-10)19-14(21)23-16(5,6)7/h8H,1-7H3,(H,18,19,21)/b9-8-. The summed E-state index contributed by atoms with van der Waals surface area (Å²) >= 11 is 7.21. The number of carbonyl (C=O) groups is 2. The molecule has 1 amide bonds. The summed E-state index contributed by atoms with van der Waals surface area (Å²) in [5, 5.41) is 2.75. The van der Waals surface area contributed by atoms with E-state index in [1.54, 1.807) is 54.5 Å². The highest BCUT2D eigenvalue weighted by molar-refractivity contribution is 7.19. The summed E-state index contributed by atoms with van der Waals surface area (Å²) in [7, 11) is 0. The van der Waals surface area contributed by atoms with Crippen molar-refractivity contribution < 1.29 is 19.1 Å². The highest BCUT2D eigenvalue weighted by atomic mass is 35.5. The molecule has 1 N–H and O–H groups in total. The number of ether oxygens (including phenoxy) is 2. The lowest BCUT2D eigenvalue weighted by Crippen LogP contribution is -2.27. The second kappa shape index (κ2) is 7.53. The summed E-state index contributed by atoms with van der Waals surface area (Å²) in [4.78, 5) is 28.3. The van der Waals surface area contributed by atoms with E-state index >= 15 is 0 Å². The van der Waals surface area contributed by atoms with Gasteiger partial charge in [-0.25, -0.2) is 14.6 Å². The normalized spacial score (nSPS) is 12.8. The van der Waals surface area contributed by atoms with Crippen molar-refractivity contribution in [1.29, 1.82) is 0 Å². The van der Waals surface area contributed by atoms with E-state index in [0.717, 1.165) is 11.3 Å². The number of hydrogen-bond acceptors (Lipinski definition) is 6. The van der Waals surface area contributed by atoms with Crippen LogP contribution in [0.1, 0.15) is 54.2 Å². The third kappa shape index (κ3) is 6.49. The number of thiazole rings is 1. The molecule has 1 rings (SSSR count). The summed E-state index contributed by atoms with van der Waals surface area (Å²) in [5.74, 6) is -0.527. The zero-order chi connectivity index (χ0) is 18.7. The molecule has 0 saturated carbocycles. The van der Waals surface area contributed by atoms with Gasteiger partial charge in [0.25, 0.3) is 0 Å². The van der Waals surface area contributed by atoms with Crippen LogP contribution in [-0.2, 0) is 14.3 Å². The van der Waals surface area contributed by atoms with Crippen LogP contribution >= 0.6 is 22.9 Å². The fourth-order valence-electron chi connectivity index (χ4n) is 1.60. The van der Waals surface area contributed by atoms with Crippen LogP contribution in [0, 0.1) is 0 Å². The molecule has 1 aromatic rings. The molecule has 6 nitrogen and oxygen atoms in total. The third-order valence-electron chi connectivity index (χ3n) is 2.36. The Balaban J connectivity index is 2.96. The van der Waals surface area contributed by atoms with Gasteiger partial charge in [0.2, 0.25) is 0 Å². The van der Waals surface area contributed by atoms with Crippen LogP contribution in [0.3, 0.4) is 0 Å². The van der Waals surface area contributed by atoms with Gasteiger partial charge < -0.3 is 9.47 Å². The maximum atomic E-state index is 12.3. The molecule has 0 spiro atoms. The summed E-state index contributed by atoms with van der Waals surface area (Å²) in [6.45, 7) is 12.3. The maximum Gasteiger partial charge on any atom is 0.413 e. The number of halogens is 1. The number of allylic oxidation sites excluding steroid dienone is 1. The van der Waals surface area contributed by atoms with E-state index in [-0.39, 0.29) is 20.7 Å². The van der Waals surface area contributed by atoms with Crippen molar-refractivity contribution in [2.45, 2.75) is 59.7 Å². The molecule has 24 heavy (non-hydrogen) atoms. The largest absolute Gasteiger partial charge is 0.456 e. The van der Waals surface area contributed by atoms with Crippen LogP contribution in [0.5, 0.6) is 0 Å². The van der Waals surface area contributed by atoms with Gasteiger partial charge in [-0.3, -0.25) is 5.32 Å². The van der Waals surface area contributed by atoms with Gasteiger partial charge >= 0.3 is 12.1 Å². The summed E-state index contributed by atoms with van der Waals surface area (Å²) in [5.41, 5.74) is -0.752. The summed E-state index contributed by atoms with van der Waals surface area (Å²) in [6, 6.07) is 0. The molecule has 134 valence electrons. The number of nitrogens with one attached hydrogen (secondary N) is 1. The maximum absolute atomic E-state index is 12.3. The van der Waals surface area contributed by atoms with Crippen LogP contribution in [0.2, 0.25) is 4.34 Å². The van der Waals surface area contributed by atoms with Crippen LogP contribution in [0.15, 0.2) is 6.08 Å². The number of carbonyl (C=O) groups excluding carboxylic acids is 2. The first-order valence-corrected chi connectivity index (χ1v) is 8.58. The Labute approximate surface area is 151 Å². The summed E-state index contributed by atoms with van der Waals surface area (Å²) < 4.78 is 10.8. The fraction of sp³-hybridized carbons (Fsp3) is 0.562. The number of amides is 1. The van der Waals surface area contributed by atoms with Gasteiger partial charge in [0, 0.05) is 0 Å². The number of hydrogen-bond donors (Lipinski definition) is 1. The molecule has 1 heterocycles. The molecule has 0 atom stereocenters. The Bertz CT molecular complexity index is 654. The van der Waals surface area contributed by atoms with E-state index in [1.807, 2.05) is 0 Å². The Morgan fingerprint density at radius 2 is 1.67 bits per heavy atom. The van der Waals surface area contributed by atoms with Gasteiger partial charge in [0.1, 0.15) is 21.2 Å². The number of aromatic nitrogens is 1. The molecule has 1 aromatic heterocycles. The van der Waals surface area contributed by atoms with Gasteiger partial charge in [0.05, 0.1) is 5.57 Å². The first-order chi connectivity index (χ1) is 10.8. The molecule has 0 aliphatic rings. The second-order valence-corrected chi connectivity index (χ2v) is 8.57. The van der Waals surface area contributed by atoms with Crippen molar-refractivity contribution in [3.63, 3.8) is 0 Å². The van der Waals surface area contributed by atoms with Crippen molar-refractivity contribution in [3.05, 3.63) is 16.1 Å². The fourth-order valence-corrected chi connectivity index (χ4v) is 2.65. The van der Waals surface area contributed by atoms with Crippen LogP contribution in [0.25, 0.3) is 5.57 Å². The molecule has 0 unspecified atom stereocenters. The van der Waals surface area contributed by atoms with Crippen molar-refractivity contribution in [3.8, 4) is 0 Å².